The molecule has 114 valence electrons. The summed E-state index contributed by atoms with van der Waals surface area (Å²) in [6.07, 6.45) is 5.28. The van der Waals surface area contributed by atoms with E-state index in [4.69, 9.17) is 4.74 Å². The van der Waals surface area contributed by atoms with E-state index in [0.717, 1.165) is 24.8 Å². The number of hydrogen-bond donors (Lipinski definition) is 1. The fourth-order valence-corrected chi connectivity index (χ4v) is 3.78. The van der Waals surface area contributed by atoms with Gasteiger partial charge in [-0.3, -0.25) is 4.79 Å². The second kappa shape index (κ2) is 6.14. The van der Waals surface area contributed by atoms with E-state index < -0.39 is 0 Å². The SMILES string of the molecule is CC(=O)N[C@@H]1C[C@H](c2cccc(F)c2)O[C@@H]2CCCC[C@@H]12. The Morgan fingerprint density at radius 3 is 2.90 bits per heavy atom. The van der Waals surface area contributed by atoms with Crippen LogP contribution in [0.4, 0.5) is 4.39 Å². The zero-order valence-corrected chi connectivity index (χ0v) is 12.3. The van der Waals surface area contributed by atoms with E-state index >= 15 is 0 Å². The summed E-state index contributed by atoms with van der Waals surface area (Å²) in [5.41, 5.74) is 0.870. The molecule has 2 aliphatic rings. The molecule has 4 atom stereocenters. The zero-order valence-electron chi connectivity index (χ0n) is 12.3. The van der Waals surface area contributed by atoms with Crippen LogP contribution in [-0.4, -0.2) is 18.1 Å². The van der Waals surface area contributed by atoms with Crippen molar-refractivity contribution < 1.29 is 13.9 Å². The summed E-state index contributed by atoms with van der Waals surface area (Å²) in [7, 11) is 0. The van der Waals surface area contributed by atoms with Crippen molar-refractivity contribution in [2.75, 3.05) is 0 Å². The monoisotopic (exact) mass is 291 g/mol. The molecule has 1 saturated carbocycles. The summed E-state index contributed by atoms with van der Waals surface area (Å²) >= 11 is 0. The molecule has 1 aliphatic carbocycles. The molecule has 3 rings (SSSR count). The highest BCUT2D eigenvalue weighted by atomic mass is 19.1. The molecule has 1 amide bonds. The Hall–Kier alpha value is -1.42. The van der Waals surface area contributed by atoms with Crippen molar-refractivity contribution in [3.63, 3.8) is 0 Å². The van der Waals surface area contributed by atoms with Gasteiger partial charge in [0.2, 0.25) is 5.91 Å². The normalized spacial score (nSPS) is 32.3. The van der Waals surface area contributed by atoms with Gasteiger partial charge in [-0.05, 0) is 37.0 Å². The fraction of sp³-hybridized carbons (Fsp3) is 0.588. The summed E-state index contributed by atoms with van der Waals surface area (Å²) in [5.74, 6) is 0.162. The Kier molecular flexibility index (Phi) is 4.24. The van der Waals surface area contributed by atoms with Crippen molar-refractivity contribution in [2.45, 2.75) is 57.3 Å². The van der Waals surface area contributed by atoms with Gasteiger partial charge in [0.1, 0.15) is 5.82 Å². The topological polar surface area (TPSA) is 38.3 Å². The first kappa shape index (κ1) is 14.5. The predicted octanol–water partition coefficient (Wildman–Crippen LogP) is 3.35. The van der Waals surface area contributed by atoms with E-state index in [1.54, 1.807) is 19.1 Å². The van der Waals surface area contributed by atoms with Crippen LogP contribution in [0.5, 0.6) is 0 Å². The first-order chi connectivity index (χ1) is 10.1. The lowest BCUT2D eigenvalue weighted by Crippen LogP contribution is -2.50. The lowest BCUT2D eigenvalue weighted by molar-refractivity contribution is -0.131. The first-order valence-electron chi connectivity index (χ1n) is 7.81. The third kappa shape index (κ3) is 3.26. The molecule has 0 spiro atoms. The molecule has 2 fully saturated rings. The lowest BCUT2D eigenvalue weighted by atomic mass is 9.76. The van der Waals surface area contributed by atoms with Gasteiger partial charge in [-0.15, -0.1) is 0 Å². The number of hydrogen-bond acceptors (Lipinski definition) is 2. The number of carbonyl (C=O) groups is 1. The maximum atomic E-state index is 13.4. The molecule has 0 unspecified atom stereocenters. The summed E-state index contributed by atoms with van der Waals surface area (Å²) in [5, 5.41) is 3.08. The Labute approximate surface area is 124 Å². The van der Waals surface area contributed by atoms with Crippen LogP contribution in [0.2, 0.25) is 0 Å². The van der Waals surface area contributed by atoms with Crippen LogP contribution in [0.25, 0.3) is 0 Å². The van der Waals surface area contributed by atoms with Gasteiger partial charge >= 0.3 is 0 Å². The number of benzene rings is 1. The summed E-state index contributed by atoms with van der Waals surface area (Å²) in [6, 6.07) is 6.74. The molecule has 1 aromatic rings. The van der Waals surface area contributed by atoms with Gasteiger partial charge in [-0.25, -0.2) is 4.39 Å². The maximum absolute atomic E-state index is 13.4. The smallest absolute Gasteiger partial charge is 0.217 e. The van der Waals surface area contributed by atoms with Crippen molar-refractivity contribution in [2.24, 2.45) is 5.92 Å². The quantitative estimate of drug-likeness (QED) is 0.907. The van der Waals surface area contributed by atoms with Crippen LogP contribution in [0.15, 0.2) is 24.3 Å². The number of amides is 1. The Morgan fingerprint density at radius 2 is 2.14 bits per heavy atom. The van der Waals surface area contributed by atoms with Crippen LogP contribution in [0, 0.1) is 11.7 Å². The van der Waals surface area contributed by atoms with Crippen molar-refractivity contribution in [3.05, 3.63) is 35.6 Å². The van der Waals surface area contributed by atoms with Gasteiger partial charge in [-0.2, -0.15) is 0 Å². The van der Waals surface area contributed by atoms with Crippen molar-refractivity contribution >= 4 is 5.91 Å². The molecule has 1 aromatic carbocycles. The third-order valence-electron chi connectivity index (χ3n) is 4.69. The second-order valence-corrected chi connectivity index (χ2v) is 6.21. The highest BCUT2D eigenvalue weighted by Gasteiger charge is 2.40. The Bertz CT molecular complexity index is 519. The van der Waals surface area contributed by atoms with Crippen LogP contribution in [-0.2, 0) is 9.53 Å². The van der Waals surface area contributed by atoms with Crippen molar-refractivity contribution in [3.8, 4) is 0 Å². The van der Waals surface area contributed by atoms with E-state index in [9.17, 15) is 9.18 Å². The summed E-state index contributed by atoms with van der Waals surface area (Å²) < 4.78 is 19.7. The minimum absolute atomic E-state index is 0.00390. The summed E-state index contributed by atoms with van der Waals surface area (Å²) in [4.78, 5) is 11.5. The molecule has 1 N–H and O–H groups in total. The average Bonchev–Trinajstić information content (AvgIpc) is 2.46. The minimum atomic E-state index is -0.238. The molecule has 1 saturated heterocycles. The van der Waals surface area contributed by atoms with Gasteiger partial charge in [0.15, 0.2) is 0 Å². The van der Waals surface area contributed by atoms with E-state index in [-0.39, 0.29) is 30.0 Å². The van der Waals surface area contributed by atoms with Gasteiger partial charge in [-0.1, -0.05) is 25.0 Å². The Morgan fingerprint density at radius 1 is 1.33 bits per heavy atom. The molecule has 0 aromatic heterocycles. The molecule has 1 aliphatic heterocycles. The number of ether oxygens (including phenoxy) is 1. The first-order valence-corrected chi connectivity index (χ1v) is 7.81. The molecular formula is C17H22FNO2. The van der Waals surface area contributed by atoms with Crippen molar-refractivity contribution in [1.82, 2.24) is 5.32 Å². The largest absolute Gasteiger partial charge is 0.370 e. The van der Waals surface area contributed by atoms with E-state index in [1.807, 2.05) is 6.07 Å². The molecular weight excluding hydrogens is 269 g/mol. The number of fused-ring (bicyclic) bond motifs is 1. The number of nitrogens with one attached hydrogen (secondary N) is 1. The van der Waals surface area contributed by atoms with Gasteiger partial charge in [0.25, 0.3) is 0 Å². The van der Waals surface area contributed by atoms with Gasteiger partial charge in [0, 0.05) is 18.9 Å². The third-order valence-corrected chi connectivity index (χ3v) is 4.69. The maximum Gasteiger partial charge on any atom is 0.217 e. The fourth-order valence-electron chi connectivity index (χ4n) is 3.78. The molecule has 1 heterocycles. The number of rotatable bonds is 2. The van der Waals surface area contributed by atoms with Gasteiger partial charge in [0.05, 0.1) is 12.2 Å². The van der Waals surface area contributed by atoms with Crippen LogP contribution < -0.4 is 5.32 Å². The van der Waals surface area contributed by atoms with E-state index in [0.29, 0.717) is 5.92 Å². The predicted molar refractivity (Wildman–Crippen MR) is 78.2 cm³/mol. The van der Waals surface area contributed by atoms with E-state index in [1.165, 1.54) is 18.9 Å². The molecule has 0 radical (unpaired) electrons. The number of halogens is 1. The van der Waals surface area contributed by atoms with Crippen LogP contribution in [0.3, 0.4) is 0 Å². The minimum Gasteiger partial charge on any atom is -0.370 e. The molecule has 4 heteroatoms. The van der Waals surface area contributed by atoms with E-state index in [2.05, 4.69) is 5.32 Å². The van der Waals surface area contributed by atoms with Crippen molar-refractivity contribution in [1.29, 1.82) is 0 Å². The number of carbonyl (C=O) groups excluding carboxylic acids is 1. The molecule has 21 heavy (non-hydrogen) atoms. The highest BCUT2D eigenvalue weighted by Crippen LogP contribution is 2.41. The average molecular weight is 291 g/mol. The molecule has 3 nitrogen and oxygen atoms in total. The summed E-state index contributed by atoms with van der Waals surface area (Å²) in [6.45, 7) is 1.56. The van der Waals surface area contributed by atoms with Crippen LogP contribution >= 0.6 is 0 Å². The molecule has 0 bridgehead atoms. The zero-order chi connectivity index (χ0) is 14.8. The Balaban J connectivity index is 1.81. The highest BCUT2D eigenvalue weighted by molar-refractivity contribution is 5.73. The van der Waals surface area contributed by atoms with Crippen LogP contribution in [0.1, 0.15) is 50.7 Å². The second-order valence-electron chi connectivity index (χ2n) is 6.21. The lowest BCUT2D eigenvalue weighted by Gasteiger charge is -2.45. The van der Waals surface area contributed by atoms with Gasteiger partial charge < -0.3 is 10.1 Å². The standard InChI is InChI=1S/C17H22FNO2/c1-11(20)19-15-10-17(12-5-4-6-13(18)9-12)21-16-8-3-2-7-14(15)16/h4-6,9,14-17H,2-3,7-8,10H2,1H3,(H,19,20)/t14-,15+,16+,17+/m0/s1.